The zero-order chi connectivity index (χ0) is 18.6. The maximum Gasteiger partial charge on any atom is 0.229 e. The SMILES string of the molecule is CN(C)c1ccc(Nc2nc(NCC3CCCO3)c3ccccc3n2)cc1.Cl. The van der Waals surface area contributed by atoms with Crippen molar-refractivity contribution in [2.75, 3.05) is 42.8 Å². The number of hydrogen-bond donors (Lipinski definition) is 2. The highest BCUT2D eigenvalue weighted by Crippen LogP contribution is 2.25. The summed E-state index contributed by atoms with van der Waals surface area (Å²) in [4.78, 5) is 11.5. The van der Waals surface area contributed by atoms with Gasteiger partial charge in [-0.2, -0.15) is 4.98 Å². The van der Waals surface area contributed by atoms with Crippen LogP contribution in [0.25, 0.3) is 10.9 Å². The Balaban J connectivity index is 0.00000225. The predicted molar refractivity (Wildman–Crippen MR) is 118 cm³/mol. The Morgan fingerprint density at radius 1 is 1.07 bits per heavy atom. The molecule has 1 aromatic heterocycles. The first-order valence-electron chi connectivity index (χ1n) is 9.36. The lowest BCUT2D eigenvalue weighted by atomic mass is 10.2. The molecule has 0 radical (unpaired) electrons. The van der Waals surface area contributed by atoms with Crippen molar-refractivity contribution in [3.8, 4) is 0 Å². The number of hydrogen-bond acceptors (Lipinski definition) is 6. The van der Waals surface area contributed by atoms with E-state index in [9.17, 15) is 0 Å². The molecule has 148 valence electrons. The second-order valence-electron chi connectivity index (χ2n) is 7.00. The Labute approximate surface area is 171 Å². The van der Waals surface area contributed by atoms with E-state index in [0.717, 1.165) is 54.1 Å². The fraction of sp³-hybridized carbons (Fsp3) is 0.333. The Kier molecular flexibility index (Phi) is 6.54. The number of anilines is 4. The number of nitrogens with one attached hydrogen (secondary N) is 2. The largest absolute Gasteiger partial charge is 0.378 e. The second-order valence-corrected chi connectivity index (χ2v) is 7.00. The number of halogens is 1. The van der Waals surface area contributed by atoms with Gasteiger partial charge in [0.15, 0.2) is 0 Å². The molecular weight excluding hydrogens is 374 g/mol. The zero-order valence-corrected chi connectivity index (χ0v) is 17.0. The summed E-state index contributed by atoms with van der Waals surface area (Å²) in [5.74, 6) is 1.42. The molecule has 0 amide bonds. The van der Waals surface area contributed by atoms with Gasteiger partial charge in [0.1, 0.15) is 5.82 Å². The lowest BCUT2D eigenvalue weighted by molar-refractivity contribution is 0.120. The summed E-state index contributed by atoms with van der Waals surface area (Å²) in [5, 5.41) is 7.79. The zero-order valence-electron chi connectivity index (χ0n) is 16.2. The van der Waals surface area contributed by atoms with Gasteiger partial charge in [0.05, 0.1) is 11.6 Å². The number of nitrogens with zero attached hydrogens (tertiary/aromatic N) is 3. The highest BCUT2D eigenvalue weighted by molar-refractivity contribution is 5.90. The number of para-hydroxylation sites is 1. The van der Waals surface area contributed by atoms with E-state index in [-0.39, 0.29) is 18.5 Å². The molecule has 4 rings (SSSR count). The number of aromatic nitrogens is 2. The maximum atomic E-state index is 5.72. The van der Waals surface area contributed by atoms with Crippen LogP contribution >= 0.6 is 12.4 Å². The van der Waals surface area contributed by atoms with Crippen LogP contribution in [0.2, 0.25) is 0 Å². The normalized spacial score (nSPS) is 15.9. The van der Waals surface area contributed by atoms with Crippen molar-refractivity contribution in [2.45, 2.75) is 18.9 Å². The van der Waals surface area contributed by atoms with Crippen molar-refractivity contribution in [3.05, 3.63) is 48.5 Å². The molecule has 3 aromatic rings. The van der Waals surface area contributed by atoms with Gasteiger partial charge in [0, 0.05) is 44.0 Å². The van der Waals surface area contributed by atoms with E-state index in [1.807, 2.05) is 50.5 Å². The van der Waals surface area contributed by atoms with Crippen molar-refractivity contribution in [1.82, 2.24) is 9.97 Å². The van der Waals surface area contributed by atoms with Gasteiger partial charge >= 0.3 is 0 Å². The molecule has 1 fully saturated rings. The number of fused-ring (bicyclic) bond motifs is 1. The third-order valence-corrected chi connectivity index (χ3v) is 4.76. The van der Waals surface area contributed by atoms with Gasteiger partial charge in [-0.25, -0.2) is 4.98 Å². The Hall–Kier alpha value is -2.57. The van der Waals surface area contributed by atoms with Gasteiger partial charge in [-0.1, -0.05) is 12.1 Å². The van der Waals surface area contributed by atoms with Crippen LogP contribution in [0.3, 0.4) is 0 Å². The first kappa shape index (κ1) is 20.2. The fourth-order valence-electron chi connectivity index (χ4n) is 3.26. The van der Waals surface area contributed by atoms with E-state index in [4.69, 9.17) is 9.72 Å². The summed E-state index contributed by atoms with van der Waals surface area (Å²) in [5.41, 5.74) is 3.02. The van der Waals surface area contributed by atoms with Crippen molar-refractivity contribution >= 4 is 46.5 Å². The summed E-state index contributed by atoms with van der Waals surface area (Å²) in [6, 6.07) is 16.3. The summed E-state index contributed by atoms with van der Waals surface area (Å²) in [6.07, 6.45) is 2.49. The van der Waals surface area contributed by atoms with Gasteiger partial charge in [-0.15, -0.1) is 12.4 Å². The fourth-order valence-corrected chi connectivity index (χ4v) is 3.26. The van der Waals surface area contributed by atoms with Crippen LogP contribution in [0.4, 0.5) is 23.1 Å². The summed E-state index contributed by atoms with van der Waals surface area (Å²) < 4.78 is 5.72. The highest BCUT2D eigenvalue weighted by Gasteiger charge is 2.16. The van der Waals surface area contributed by atoms with Crippen LogP contribution in [0, 0.1) is 0 Å². The summed E-state index contributed by atoms with van der Waals surface area (Å²) in [6.45, 7) is 1.62. The molecule has 28 heavy (non-hydrogen) atoms. The molecule has 0 bridgehead atoms. The van der Waals surface area contributed by atoms with Crippen LogP contribution in [-0.2, 0) is 4.74 Å². The smallest absolute Gasteiger partial charge is 0.229 e. The van der Waals surface area contributed by atoms with E-state index in [2.05, 4.69) is 32.7 Å². The van der Waals surface area contributed by atoms with Gasteiger partial charge in [0.2, 0.25) is 5.95 Å². The van der Waals surface area contributed by atoms with E-state index < -0.39 is 0 Å². The molecule has 1 unspecified atom stereocenters. The van der Waals surface area contributed by atoms with E-state index >= 15 is 0 Å². The third kappa shape index (κ3) is 4.64. The minimum Gasteiger partial charge on any atom is -0.378 e. The molecule has 2 aromatic carbocycles. The molecule has 7 heteroatoms. The summed E-state index contributed by atoms with van der Waals surface area (Å²) in [7, 11) is 4.06. The van der Waals surface area contributed by atoms with E-state index in [1.54, 1.807) is 0 Å². The van der Waals surface area contributed by atoms with Crippen LogP contribution in [-0.4, -0.2) is 43.3 Å². The van der Waals surface area contributed by atoms with E-state index in [0.29, 0.717) is 5.95 Å². The molecular formula is C21H26ClN5O. The maximum absolute atomic E-state index is 5.72. The molecule has 1 aliphatic rings. The van der Waals surface area contributed by atoms with Crippen molar-refractivity contribution < 1.29 is 4.74 Å². The minimum atomic E-state index is 0. The molecule has 2 N–H and O–H groups in total. The lowest BCUT2D eigenvalue weighted by Crippen LogP contribution is -2.19. The van der Waals surface area contributed by atoms with Gasteiger partial charge in [0.25, 0.3) is 0 Å². The molecule has 0 saturated carbocycles. The Morgan fingerprint density at radius 2 is 1.86 bits per heavy atom. The van der Waals surface area contributed by atoms with E-state index in [1.165, 1.54) is 0 Å². The van der Waals surface area contributed by atoms with Crippen molar-refractivity contribution in [2.24, 2.45) is 0 Å². The average Bonchev–Trinajstić information content (AvgIpc) is 3.20. The third-order valence-electron chi connectivity index (χ3n) is 4.76. The first-order chi connectivity index (χ1) is 13.2. The molecule has 1 saturated heterocycles. The molecule has 6 nitrogen and oxygen atoms in total. The monoisotopic (exact) mass is 399 g/mol. The second kappa shape index (κ2) is 9.08. The Bertz CT molecular complexity index is 910. The summed E-state index contributed by atoms with van der Waals surface area (Å²) >= 11 is 0. The quantitative estimate of drug-likeness (QED) is 0.638. The van der Waals surface area contributed by atoms with Gasteiger partial charge in [-0.3, -0.25) is 0 Å². The molecule has 0 aliphatic carbocycles. The van der Waals surface area contributed by atoms with Crippen LogP contribution < -0.4 is 15.5 Å². The number of rotatable bonds is 6. The average molecular weight is 400 g/mol. The van der Waals surface area contributed by atoms with Crippen molar-refractivity contribution in [1.29, 1.82) is 0 Å². The predicted octanol–water partition coefficient (Wildman–Crippen LogP) is 4.45. The lowest BCUT2D eigenvalue weighted by Gasteiger charge is -2.15. The highest BCUT2D eigenvalue weighted by atomic mass is 35.5. The molecule has 2 heterocycles. The number of benzene rings is 2. The van der Waals surface area contributed by atoms with Crippen LogP contribution in [0.1, 0.15) is 12.8 Å². The first-order valence-corrected chi connectivity index (χ1v) is 9.36. The van der Waals surface area contributed by atoms with Gasteiger partial charge < -0.3 is 20.3 Å². The minimum absolute atomic E-state index is 0. The molecule has 0 spiro atoms. The Morgan fingerprint density at radius 3 is 2.57 bits per heavy atom. The van der Waals surface area contributed by atoms with Crippen molar-refractivity contribution in [3.63, 3.8) is 0 Å². The van der Waals surface area contributed by atoms with Gasteiger partial charge in [-0.05, 0) is 49.2 Å². The standard InChI is InChI=1S/C21H25N5O.ClH/c1-26(2)16-11-9-15(10-12-16)23-21-24-19-8-4-3-7-18(19)20(25-21)22-14-17-6-5-13-27-17;/h3-4,7-12,17H,5-6,13-14H2,1-2H3,(H2,22,23,24,25);1H. The number of ether oxygens (including phenoxy) is 1. The molecule has 1 aliphatic heterocycles. The topological polar surface area (TPSA) is 62.3 Å². The van der Waals surface area contributed by atoms with Crippen LogP contribution in [0.5, 0.6) is 0 Å². The molecule has 1 atom stereocenters. The van der Waals surface area contributed by atoms with Crippen LogP contribution in [0.15, 0.2) is 48.5 Å².